The van der Waals surface area contributed by atoms with Crippen molar-refractivity contribution in [1.29, 1.82) is 0 Å². The molecule has 0 N–H and O–H groups in total. The minimum atomic E-state index is -2.80. The van der Waals surface area contributed by atoms with Crippen molar-refractivity contribution >= 4 is 21.3 Å². The van der Waals surface area contributed by atoms with Gasteiger partial charge in [0.1, 0.15) is 5.82 Å². The smallest absolute Gasteiger partial charge is 0.178 e. The van der Waals surface area contributed by atoms with Crippen LogP contribution in [0, 0.1) is 5.92 Å². The third-order valence-electron chi connectivity index (χ3n) is 5.60. The first-order valence-corrected chi connectivity index (χ1v) is 11.3. The van der Waals surface area contributed by atoms with Crippen LogP contribution in [0.3, 0.4) is 0 Å². The molecule has 148 valence electrons. The van der Waals surface area contributed by atoms with Crippen molar-refractivity contribution in [3.05, 3.63) is 18.0 Å². The summed E-state index contributed by atoms with van der Waals surface area (Å²) in [6, 6.07) is 4.40. The van der Waals surface area contributed by atoms with E-state index in [4.69, 9.17) is 5.10 Å². The number of anilines is 1. The van der Waals surface area contributed by atoms with Crippen LogP contribution in [-0.2, 0) is 15.3 Å². The van der Waals surface area contributed by atoms with E-state index < -0.39 is 9.84 Å². The molecule has 2 aromatic heterocycles. The normalized spacial score (nSPS) is 23.3. The van der Waals surface area contributed by atoms with Crippen molar-refractivity contribution in [2.45, 2.75) is 38.6 Å². The highest BCUT2D eigenvalue weighted by molar-refractivity contribution is 7.91. The first kappa shape index (κ1) is 18.6. The van der Waals surface area contributed by atoms with Gasteiger partial charge in [0.25, 0.3) is 0 Å². The van der Waals surface area contributed by atoms with Crippen molar-refractivity contribution in [3.8, 4) is 0 Å². The van der Waals surface area contributed by atoms with Gasteiger partial charge in [-0.1, -0.05) is 20.8 Å². The molecule has 1 atom stereocenters. The number of sulfone groups is 1. The van der Waals surface area contributed by atoms with Gasteiger partial charge < -0.3 is 4.90 Å². The summed E-state index contributed by atoms with van der Waals surface area (Å²) in [5.74, 6) is 2.75. The molecule has 0 radical (unpaired) electrons. The lowest BCUT2D eigenvalue weighted by molar-refractivity contribution is 0.181. The Labute approximate surface area is 160 Å². The van der Waals surface area contributed by atoms with E-state index in [1.54, 1.807) is 0 Å². The van der Waals surface area contributed by atoms with Crippen LogP contribution in [0.15, 0.2) is 12.1 Å². The lowest BCUT2D eigenvalue weighted by Crippen LogP contribution is -2.59. The molecule has 0 aromatic carbocycles. The lowest BCUT2D eigenvalue weighted by Gasteiger charge is -2.45. The number of fused-ring (bicyclic) bond motifs is 1. The van der Waals surface area contributed by atoms with Gasteiger partial charge in [-0.05, 0) is 31.5 Å². The third-order valence-corrected chi connectivity index (χ3v) is 7.44. The van der Waals surface area contributed by atoms with Gasteiger partial charge in [-0.2, -0.15) is 4.52 Å². The van der Waals surface area contributed by atoms with Gasteiger partial charge in [-0.15, -0.1) is 15.3 Å². The van der Waals surface area contributed by atoms with Gasteiger partial charge >= 0.3 is 0 Å². The molecular weight excluding hydrogens is 364 g/mol. The van der Waals surface area contributed by atoms with Crippen LogP contribution < -0.4 is 4.90 Å². The van der Waals surface area contributed by atoms with Crippen molar-refractivity contribution < 1.29 is 8.42 Å². The maximum atomic E-state index is 11.6. The molecule has 27 heavy (non-hydrogen) atoms. The van der Waals surface area contributed by atoms with Crippen LogP contribution in [0.4, 0.5) is 5.82 Å². The first-order chi connectivity index (χ1) is 12.6. The highest BCUT2D eigenvalue weighted by atomic mass is 32.2. The number of aromatic nitrogens is 4. The van der Waals surface area contributed by atoms with Crippen LogP contribution in [0.1, 0.15) is 33.0 Å². The van der Waals surface area contributed by atoms with E-state index in [1.807, 2.05) is 16.6 Å². The minimum absolute atomic E-state index is 0.121. The van der Waals surface area contributed by atoms with E-state index in [0.29, 0.717) is 17.5 Å². The van der Waals surface area contributed by atoms with Crippen molar-refractivity contribution in [2.75, 3.05) is 43.1 Å². The largest absolute Gasteiger partial charge is 0.352 e. The zero-order valence-corrected chi connectivity index (χ0v) is 17.3. The summed E-state index contributed by atoms with van der Waals surface area (Å²) in [6.45, 7) is 8.98. The first-order valence-electron chi connectivity index (χ1n) is 9.51. The molecule has 9 heteroatoms. The van der Waals surface area contributed by atoms with Crippen LogP contribution in [0.25, 0.3) is 5.65 Å². The second-order valence-corrected chi connectivity index (χ2v) is 11.2. The van der Waals surface area contributed by atoms with Crippen molar-refractivity contribution in [2.24, 2.45) is 5.92 Å². The molecule has 1 unspecified atom stereocenters. The monoisotopic (exact) mass is 392 g/mol. The Kier molecular flexibility index (Phi) is 4.42. The van der Waals surface area contributed by atoms with Gasteiger partial charge in [0.15, 0.2) is 21.3 Å². The second kappa shape index (κ2) is 6.41. The molecule has 2 fully saturated rings. The number of rotatable bonds is 4. The van der Waals surface area contributed by atoms with Gasteiger partial charge in [-0.25, -0.2) is 8.42 Å². The molecule has 0 saturated carbocycles. The maximum absolute atomic E-state index is 11.6. The topological polar surface area (TPSA) is 83.7 Å². The van der Waals surface area contributed by atoms with Gasteiger partial charge in [0, 0.05) is 31.1 Å². The average Bonchev–Trinajstić information content (AvgIpc) is 3.08. The Morgan fingerprint density at radius 1 is 1.22 bits per heavy atom. The Hall–Kier alpha value is -1.74. The zero-order chi connectivity index (χ0) is 19.4. The van der Waals surface area contributed by atoms with Gasteiger partial charge in [-0.3, -0.25) is 4.90 Å². The zero-order valence-electron chi connectivity index (χ0n) is 16.5. The molecule has 0 bridgehead atoms. The fourth-order valence-corrected chi connectivity index (χ4v) is 5.76. The maximum Gasteiger partial charge on any atom is 0.178 e. The van der Waals surface area contributed by atoms with E-state index >= 15 is 0 Å². The predicted octanol–water partition coefficient (Wildman–Crippen LogP) is 0.977. The SMILES string of the molecule is CN(CC1CCS(=O)(=O)C1)C1CN(c2ccc3nnc(C(C)(C)C)n3n2)C1. The Morgan fingerprint density at radius 3 is 2.59 bits per heavy atom. The Balaban J connectivity index is 1.40. The Bertz CT molecular complexity index is 942. The van der Waals surface area contributed by atoms with Crippen LogP contribution >= 0.6 is 0 Å². The molecule has 2 aliphatic heterocycles. The van der Waals surface area contributed by atoms with E-state index in [2.05, 4.69) is 47.8 Å². The molecule has 4 heterocycles. The summed E-state index contributed by atoms with van der Waals surface area (Å²) in [5, 5.41) is 13.3. The quantitative estimate of drug-likeness (QED) is 0.767. The second-order valence-electron chi connectivity index (χ2n) is 9.00. The Morgan fingerprint density at radius 2 is 1.96 bits per heavy atom. The van der Waals surface area contributed by atoms with Crippen molar-refractivity contribution in [1.82, 2.24) is 24.7 Å². The van der Waals surface area contributed by atoms with E-state index in [-0.39, 0.29) is 11.3 Å². The van der Waals surface area contributed by atoms with Gasteiger partial charge in [0.05, 0.1) is 11.5 Å². The number of nitrogens with zero attached hydrogens (tertiary/aromatic N) is 6. The summed E-state index contributed by atoms with van der Waals surface area (Å²) in [7, 11) is -0.704. The van der Waals surface area contributed by atoms with Gasteiger partial charge in [0.2, 0.25) is 0 Å². The highest BCUT2D eigenvalue weighted by Gasteiger charge is 2.35. The summed E-state index contributed by atoms with van der Waals surface area (Å²) in [6.07, 6.45) is 0.796. The predicted molar refractivity (Wildman–Crippen MR) is 105 cm³/mol. The van der Waals surface area contributed by atoms with Crippen LogP contribution in [0.2, 0.25) is 0 Å². The standard InChI is InChI=1S/C18H28N6O2S/c1-18(2,3)17-20-19-15-5-6-16(21-24(15)17)23-10-14(11-23)22(4)9-13-7-8-27(25,26)12-13/h5-6,13-14H,7-12H2,1-4H3. The number of likely N-dealkylation sites (N-methyl/N-ethyl adjacent to an activating group) is 1. The molecule has 8 nitrogen and oxygen atoms in total. The molecule has 2 aliphatic rings. The number of hydrogen-bond donors (Lipinski definition) is 0. The molecule has 2 saturated heterocycles. The average molecular weight is 393 g/mol. The van der Waals surface area contributed by atoms with E-state index in [0.717, 1.165) is 43.3 Å². The van der Waals surface area contributed by atoms with E-state index in [1.165, 1.54) is 0 Å². The third kappa shape index (κ3) is 3.67. The summed E-state index contributed by atoms with van der Waals surface area (Å²) in [4.78, 5) is 4.55. The fourth-order valence-electron chi connectivity index (χ4n) is 3.91. The summed E-state index contributed by atoms with van der Waals surface area (Å²) >= 11 is 0. The lowest BCUT2D eigenvalue weighted by atomic mass is 9.96. The molecule has 0 aliphatic carbocycles. The summed E-state index contributed by atoms with van der Waals surface area (Å²) < 4.78 is 25.1. The van der Waals surface area contributed by atoms with Crippen LogP contribution in [-0.4, -0.2) is 77.4 Å². The molecular formula is C18H28N6O2S. The summed E-state index contributed by atoms with van der Waals surface area (Å²) in [5.41, 5.74) is 0.643. The molecule has 0 amide bonds. The fraction of sp³-hybridized carbons (Fsp3) is 0.722. The van der Waals surface area contributed by atoms with Crippen LogP contribution in [0.5, 0.6) is 0 Å². The van der Waals surface area contributed by atoms with Crippen molar-refractivity contribution in [3.63, 3.8) is 0 Å². The molecule has 0 spiro atoms. The minimum Gasteiger partial charge on any atom is -0.352 e. The highest BCUT2D eigenvalue weighted by Crippen LogP contribution is 2.26. The molecule has 2 aromatic rings. The van der Waals surface area contributed by atoms with E-state index in [9.17, 15) is 8.42 Å². The molecule has 4 rings (SSSR count). The number of hydrogen-bond acceptors (Lipinski definition) is 7.